The second-order valence-corrected chi connectivity index (χ2v) is 7.47. The summed E-state index contributed by atoms with van der Waals surface area (Å²) in [6.07, 6.45) is 6.31. The fourth-order valence-electron chi connectivity index (χ4n) is 3.63. The highest BCUT2D eigenvalue weighted by Gasteiger charge is 2.21. The first kappa shape index (κ1) is 18.9. The largest absolute Gasteiger partial charge is 0.355 e. The predicted octanol–water partition coefficient (Wildman–Crippen LogP) is 4.41. The number of hydrogen-bond donors (Lipinski definition) is 2. The lowest BCUT2D eigenvalue weighted by molar-refractivity contribution is -0.121. The summed E-state index contributed by atoms with van der Waals surface area (Å²) in [5.41, 5.74) is 2.02. The van der Waals surface area contributed by atoms with Crippen molar-refractivity contribution < 1.29 is 9.59 Å². The van der Waals surface area contributed by atoms with Crippen LogP contribution in [0.4, 0.5) is 5.69 Å². The lowest BCUT2D eigenvalue weighted by Crippen LogP contribution is -2.26. The molecular weight excluding hydrogens is 392 g/mol. The van der Waals surface area contributed by atoms with Crippen LogP contribution < -0.4 is 10.6 Å². The Labute approximate surface area is 162 Å². The molecule has 5 heteroatoms. The average Bonchev–Trinajstić information content (AvgIpc) is 2.68. The van der Waals surface area contributed by atoms with Crippen molar-refractivity contribution in [1.29, 1.82) is 0 Å². The number of halogens is 1. The number of benzene rings is 2. The number of carbonyl (C=O) groups is 2. The van der Waals surface area contributed by atoms with E-state index in [0.29, 0.717) is 11.9 Å². The predicted molar refractivity (Wildman–Crippen MR) is 110 cm³/mol. The molecule has 0 spiro atoms. The number of anilines is 1. The van der Waals surface area contributed by atoms with Crippen LogP contribution in [-0.2, 0) is 16.0 Å². The number of hydrogen-bond acceptors (Lipinski definition) is 2. The van der Waals surface area contributed by atoms with E-state index in [4.69, 9.17) is 0 Å². The number of fused-ring (bicyclic) bond motifs is 1. The Kier molecular flexibility index (Phi) is 6.67. The van der Waals surface area contributed by atoms with Crippen LogP contribution in [0.1, 0.15) is 37.7 Å². The Balaban J connectivity index is 1.72. The SMILES string of the molecule is O=C(CBr)NCCc1cccc2ccc(NC(=O)C3CCCCC3)cc12. The van der Waals surface area contributed by atoms with Gasteiger partial charge in [0.2, 0.25) is 11.8 Å². The highest BCUT2D eigenvalue weighted by Crippen LogP contribution is 2.27. The molecular formula is C21H25BrN2O2. The fraction of sp³-hybridized carbons (Fsp3) is 0.429. The summed E-state index contributed by atoms with van der Waals surface area (Å²) in [6, 6.07) is 12.3. The molecule has 0 heterocycles. The Hall–Kier alpha value is -1.88. The molecule has 2 aromatic rings. The molecule has 138 valence electrons. The van der Waals surface area contributed by atoms with Gasteiger partial charge in [-0.25, -0.2) is 0 Å². The molecule has 2 amide bonds. The molecule has 0 radical (unpaired) electrons. The van der Waals surface area contributed by atoms with Gasteiger partial charge in [0.25, 0.3) is 0 Å². The third-order valence-corrected chi connectivity index (χ3v) is 5.56. The van der Waals surface area contributed by atoms with Gasteiger partial charge in [0.1, 0.15) is 0 Å². The van der Waals surface area contributed by atoms with Crippen molar-refractivity contribution in [2.75, 3.05) is 17.2 Å². The maximum Gasteiger partial charge on any atom is 0.230 e. The van der Waals surface area contributed by atoms with Crippen LogP contribution >= 0.6 is 15.9 Å². The Bertz CT molecular complexity index is 785. The van der Waals surface area contributed by atoms with E-state index >= 15 is 0 Å². The summed E-state index contributed by atoms with van der Waals surface area (Å²) in [6.45, 7) is 0.599. The first-order valence-corrected chi connectivity index (χ1v) is 10.4. The summed E-state index contributed by atoms with van der Waals surface area (Å²) in [5, 5.41) is 8.57. The second-order valence-electron chi connectivity index (χ2n) is 6.91. The van der Waals surface area contributed by atoms with Crippen molar-refractivity contribution in [3.8, 4) is 0 Å². The van der Waals surface area contributed by atoms with Gasteiger partial charge in [-0.05, 0) is 47.7 Å². The zero-order valence-electron chi connectivity index (χ0n) is 14.9. The van der Waals surface area contributed by atoms with Crippen LogP contribution in [0.3, 0.4) is 0 Å². The summed E-state index contributed by atoms with van der Waals surface area (Å²) in [7, 11) is 0. The minimum atomic E-state index is -0.00864. The molecule has 0 aliphatic heterocycles. The Morgan fingerprint density at radius 1 is 1.08 bits per heavy atom. The van der Waals surface area contributed by atoms with Gasteiger partial charge in [0.05, 0.1) is 5.33 Å². The third kappa shape index (κ3) is 4.85. The van der Waals surface area contributed by atoms with Gasteiger partial charge in [-0.3, -0.25) is 9.59 Å². The smallest absolute Gasteiger partial charge is 0.230 e. The van der Waals surface area contributed by atoms with Crippen LogP contribution in [0.25, 0.3) is 10.8 Å². The van der Waals surface area contributed by atoms with E-state index in [1.54, 1.807) is 0 Å². The van der Waals surface area contributed by atoms with E-state index in [-0.39, 0.29) is 17.7 Å². The van der Waals surface area contributed by atoms with E-state index in [1.807, 2.05) is 18.2 Å². The van der Waals surface area contributed by atoms with Crippen LogP contribution in [0.15, 0.2) is 36.4 Å². The van der Waals surface area contributed by atoms with Crippen molar-refractivity contribution >= 4 is 44.2 Å². The molecule has 26 heavy (non-hydrogen) atoms. The highest BCUT2D eigenvalue weighted by atomic mass is 79.9. The average molecular weight is 417 g/mol. The topological polar surface area (TPSA) is 58.2 Å². The third-order valence-electron chi connectivity index (χ3n) is 5.05. The van der Waals surface area contributed by atoms with Crippen LogP contribution in [-0.4, -0.2) is 23.7 Å². The van der Waals surface area contributed by atoms with Crippen molar-refractivity contribution in [3.05, 3.63) is 42.0 Å². The van der Waals surface area contributed by atoms with Gasteiger partial charge < -0.3 is 10.6 Å². The molecule has 1 aliphatic carbocycles. The normalized spacial score (nSPS) is 15.0. The molecule has 0 atom stereocenters. The number of nitrogens with one attached hydrogen (secondary N) is 2. The fourth-order valence-corrected chi connectivity index (χ4v) is 3.82. The molecule has 2 aromatic carbocycles. The molecule has 0 unspecified atom stereocenters. The summed E-state index contributed by atoms with van der Waals surface area (Å²) in [4.78, 5) is 23.9. The molecule has 1 fully saturated rings. The van der Waals surface area contributed by atoms with Crippen molar-refractivity contribution in [2.45, 2.75) is 38.5 Å². The van der Waals surface area contributed by atoms with Gasteiger partial charge in [0, 0.05) is 18.2 Å². The Morgan fingerprint density at radius 2 is 1.88 bits per heavy atom. The standard InChI is InChI=1S/C21H25BrN2O2/c22-14-20(25)23-12-11-16-8-4-7-15-9-10-18(13-19(15)16)24-21(26)17-5-2-1-3-6-17/h4,7-10,13,17H,1-3,5-6,11-12,14H2,(H,23,25)(H,24,26). The highest BCUT2D eigenvalue weighted by molar-refractivity contribution is 9.09. The van der Waals surface area contributed by atoms with Gasteiger partial charge >= 0.3 is 0 Å². The van der Waals surface area contributed by atoms with Crippen molar-refractivity contribution in [2.24, 2.45) is 5.92 Å². The molecule has 3 rings (SSSR count). The first-order valence-electron chi connectivity index (χ1n) is 9.32. The van der Waals surface area contributed by atoms with E-state index in [2.05, 4.69) is 44.8 Å². The molecule has 1 aliphatic rings. The van der Waals surface area contributed by atoms with Crippen LogP contribution in [0.5, 0.6) is 0 Å². The zero-order valence-corrected chi connectivity index (χ0v) is 16.5. The van der Waals surface area contributed by atoms with E-state index in [0.717, 1.165) is 48.6 Å². The number of carbonyl (C=O) groups excluding carboxylic acids is 2. The Morgan fingerprint density at radius 3 is 2.65 bits per heavy atom. The van der Waals surface area contributed by atoms with Gasteiger partial charge in [-0.15, -0.1) is 0 Å². The quantitative estimate of drug-likeness (QED) is 0.684. The monoisotopic (exact) mass is 416 g/mol. The summed E-state index contributed by atoms with van der Waals surface area (Å²) < 4.78 is 0. The summed E-state index contributed by atoms with van der Waals surface area (Å²) in [5.74, 6) is 0.283. The maximum atomic E-state index is 12.5. The van der Waals surface area contributed by atoms with Gasteiger partial charge in [-0.1, -0.05) is 59.5 Å². The molecule has 1 saturated carbocycles. The van der Waals surface area contributed by atoms with Crippen molar-refractivity contribution in [3.63, 3.8) is 0 Å². The first-order chi connectivity index (χ1) is 12.7. The molecule has 2 N–H and O–H groups in total. The number of amides is 2. The molecule has 0 bridgehead atoms. The van der Waals surface area contributed by atoms with E-state index < -0.39 is 0 Å². The molecule has 4 nitrogen and oxygen atoms in total. The van der Waals surface area contributed by atoms with Crippen LogP contribution in [0.2, 0.25) is 0 Å². The zero-order chi connectivity index (χ0) is 18.4. The lowest BCUT2D eigenvalue weighted by atomic mass is 9.88. The second kappa shape index (κ2) is 9.17. The molecule has 0 aromatic heterocycles. The van der Waals surface area contributed by atoms with Gasteiger partial charge in [0.15, 0.2) is 0 Å². The van der Waals surface area contributed by atoms with Crippen molar-refractivity contribution in [1.82, 2.24) is 5.32 Å². The summed E-state index contributed by atoms with van der Waals surface area (Å²) >= 11 is 3.15. The maximum absolute atomic E-state index is 12.5. The number of rotatable bonds is 6. The minimum Gasteiger partial charge on any atom is -0.355 e. The number of alkyl halides is 1. The minimum absolute atomic E-state index is 0.00864. The van der Waals surface area contributed by atoms with E-state index in [9.17, 15) is 9.59 Å². The van der Waals surface area contributed by atoms with Gasteiger partial charge in [-0.2, -0.15) is 0 Å². The van der Waals surface area contributed by atoms with E-state index in [1.165, 1.54) is 12.0 Å². The molecule has 0 saturated heterocycles. The van der Waals surface area contributed by atoms with Crippen LogP contribution in [0, 0.1) is 5.92 Å². The lowest BCUT2D eigenvalue weighted by Gasteiger charge is -2.21.